The van der Waals surface area contributed by atoms with E-state index in [1.54, 1.807) is 19.2 Å². The van der Waals surface area contributed by atoms with Gasteiger partial charge in [0.25, 0.3) is 5.91 Å². The highest BCUT2D eigenvalue weighted by molar-refractivity contribution is 5.95. The molecule has 2 heterocycles. The van der Waals surface area contributed by atoms with Gasteiger partial charge in [0.1, 0.15) is 6.04 Å². The van der Waals surface area contributed by atoms with Crippen molar-refractivity contribution in [1.82, 2.24) is 15.1 Å². The van der Waals surface area contributed by atoms with Gasteiger partial charge in [-0.3, -0.25) is 14.4 Å². The molecule has 2 aromatic rings. The summed E-state index contributed by atoms with van der Waals surface area (Å²) in [6.45, 7) is 0.356. The number of amides is 3. The Hall–Kier alpha value is -2.93. The van der Waals surface area contributed by atoms with Gasteiger partial charge in [-0.05, 0) is 28.8 Å². The molecule has 3 atom stereocenters. The van der Waals surface area contributed by atoms with Crippen LogP contribution in [-0.2, 0) is 14.4 Å². The topological polar surface area (TPSA) is 90.0 Å². The molecule has 0 radical (unpaired) electrons. The standard InChI is InChI=1S/C20H21N3O4/c1-22-11-17(24)23-10-15(9-16(23)20(22)27)21-19(26)18(25)14-7-6-12-4-2-3-5-13(12)8-14/h2-8,15-16,18,25H,9-11H2,1H3,(H,21,26)/t15-,16-,18+/m0/s1. The fourth-order valence-corrected chi connectivity index (χ4v) is 3.89. The maximum Gasteiger partial charge on any atom is 0.253 e. The van der Waals surface area contributed by atoms with Crippen LogP contribution in [0.3, 0.4) is 0 Å². The zero-order valence-electron chi connectivity index (χ0n) is 15.0. The molecule has 0 aliphatic carbocycles. The summed E-state index contributed by atoms with van der Waals surface area (Å²) in [6.07, 6.45) is -0.938. The molecule has 4 rings (SSSR count). The van der Waals surface area contributed by atoms with E-state index in [1.807, 2.05) is 30.3 Å². The summed E-state index contributed by atoms with van der Waals surface area (Å²) in [5, 5.41) is 15.2. The van der Waals surface area contributed by atoms with Crippen LogP contribution in [0.5, 0.6) is 0 Å². The Labute approximate surface area is 156 Å². The van der Waals surface area contributed by atoms with Gasteiger partial charge in [-0.15, -0.1) is 0 Å². The minimum absolute atomic E-state index is 0.0652. The number of aliphatic hydroxyl groups is 1. The van der Waals surface area contributed by atoms with Crippen molar-refractivity contribution < 1.29 is 19.5 Å². The summed E-state index contributed by atoms with van der Waals surface area (Å²) >= 11 is 0. The average Bonchev–Trinajstić information content (AvgIpc) is 3.09. The Morgan fingerprint density at radius 3 is 2.70 bits per heavy atom. The number of rotatable bonds is 3. The van der Waals surface area contributed by atoms with E-state index in [0.29, 0.717) is 18.5 Å². The molecule has 2 N–H and O–H groups in total. The Bertz CT molecular complexity index is 928. The second-order valence-electron chi connectivity index (χ2n) is 7.21. The van der Waals surface area contributed by atoms with Gasteiger partial charge in [0.15, 0.2) is 6.10 Å². The third-order valence-electron chi connectivity index (χ3n) is 5.34. The van der Waals surface area contributed by atoms with Crippen molar-refractivity contribution in [2.75, 3.05) is 20.1 Å². The largest absolute Gasteiger partial charge is 0.378 e. The zero-order chi connectivity index (χ0) is 19.1. The van der Waals surface area contributed by atoms with E-state index in [0.717, 1.165) is 10.8 Å². The number of carbonyl (C=O) groups is 3. The van der Waals surface area contributed by atoms with E-state index in [2.05, 4.69) is 5.32 Å². The lowest BCUT2D eigenvalue weighted by molar-refractivity contribution is -0.152. The third-order valence-corrected chi connectivity index (χ3v) is 5.34. The molecule has 2 fully saturated rings. The van der Waals surface area contributed by atoms with Crippen molar-refractivity contribution in [2.24, 2.45) is 0 Å². The van der Waals surface area contributed by atoms with Gasteiger partial charge in [0, 0.05) is 19.6 Å². The predicted molar refractivity (Wildman–Crippen MR) is 98.6 cm³/mol. The molecule has 27 heavy (non-hydrogen) atoms. The number of benzene rings is 2. The maximum atomic E-state index is 12.5. The van der Waals surface area contributed by atoms with Crippen LogP contribution in [0, 0.1) is 0 Å². The molecular formula is C20H21N3O4. The predicted octanol–water partition coefficient (Wildman–Crippen LogP) is 0.431. The molecule has 2 aliphatic heterocycles. The van der Waals surface area contributed by atoms with Gasteiger partial charge in [-0.25, -0.2) is 0 Å². The fraction of sp³-hybridized carbons (Fsp3) is 0.350. The van der Waals surface area contributed by atoms with E-state index < -0.39 is 18.1 Å². The van der Waals surface area contributed by atoms with Crippen LogP contribution >= 0.6 is 0 Å². The third kappa shape index (κ3) is 3.14. The molecule has 0 unspecified atom stereocenters. The van der Waals surface area contributed by atoms with Crippen molar-refractivity contribution in [3.63, 3.8) is 0 Å². The lowest BCUT2D eigenvalue weighted by Crippen LogP contribution is -2.55. The highest BCUT2D eigenvalue weighted by Gasteiger charge is 2.45. The summed E-state index contributed by atoms with van der Waals surface area (Å²) in [5.41, 5.74) is 0.508. The number of likely N-dealkylation sites (N-methyl/N-ethyl adjacent to an activating group) is 1. The van der Waals surface area contributed by atoms with Crippen LogP contribution in [0.4, 0.5) is 0 Å². The smallest absolute Gasteiger partial charge is 0.253 e. The second kappa shape index (κ2) is 6.66. The molecule has 0 bridgehead atoms. The minimum atomic E-state index is -1.30. The average molecular weight is 367 g/mol. The van der Waals surface area contributed by atoms with Crippen molar-refractivity contribution in [2.45, 2.75) is 24.6 Å². The highest BCUT2D eigenvalue weighted by Crippen LogP contribution is 2.25. The lowest BCUT2D eigenvalue weighted by atomic mass is 10.0. The van der Waals surface area contributed by atoms with Crippen molar-refractivity contribution in [3.05, 3.63) is 48.0 Å². The minimum Gasteiger partial charge on any atom is -0.378 e. The molecule has 140 valence electrons. The molecule has 0 spiro atoms. The van der Waals surface area contributed by atoms with E-state index in [-0.39, 0.29) is 24.4 Å². The first kappa shape index (κ1) is 17.5. The SMILES string of the molecule is CN1CC(=O)N2C[C@@H](NC(=O)[C@H](O)c3ccc4ccccc4c3)C[C@H]2C1=O. The summed E-state index contributed by atoms with van der Waals surface area (Å²) in [5.74, 6) is -0.751. The number of nitrogens with zero attached hydrogens (tertiary/aromatic N) is 2. The molecule has 0 aromatic heterocycles. The van der Waals surface area contributed by atoms with Crippen LogP contribution in [0.2, 0.25) is 0 Å². The van der Waals surface area contributed by atoms with Gasteiger partial charge >= 0.3 is 0 Å². The second-order valence-corrected chi connectivity index (χ2v) is 7.21. The van der Waals surface area contributed by atoms with Gasteiger partial charge in [0.2, 0.25) is 11.8 Å². The van der Waals surface area contributed by atoms with E-state index in [9.17, 15) is 19.5 Å². The number of carbonyl (C=O) groups excluding carboxylic acids is 3. The number of piperazine rings is 1. The first-order valence-electron chi connectivity index (χ1n) is 8.95. The summed E-state index contributed by atoms with van der Waals surface area (Å²) in [6, 6.07) is 12.2. The van der Waals surface area contributed by atoms with E-state index in [1.165, 1.54) is 9.80 Å². The Balaban J connectivity index is 1.45. The first-order valence-corrected chi connectivity index (χ1v) is 8.95. The number of fused-ring (bicyclic) bond motifs is 2. The maximum absolute atomic E-state index is 12.5. The number of hydrogen-bond acceptors (Lipinski definition) is 4. The Morgan fingerprint density at radius 2 is 1.93 bits per heavy atom. The molecular weight excluding hydrogens is 346 g/mol. The molecule has 2 saturated heterocycles. The normalized spacial score (nSPS) is 23.5. The molecule has 3 amide bonds. The summed E-state index contributed by atoms with van der Waals surface area (Å²) in [7, 11) is 1.60. The lowest BCUT2D eigenvalue weighted by Gasteiger charge is -2.33. The van der Waals surface area contributed by atoms with E-state index >= 15 is 0 Å². The molecule has 2 aromatic carbocycles. The number of aliphatic hydroxyl groups excluding tert-OH is 1. The quantitative estimate of drug-likeness (QED) is 0.823. The number of nitrogens with one attached hydrogen (secondary N) is 1. The van der Waals surface area contributed by atoms with Gasteiger partial charge in [-0.2, -0.15) is 0 Å². The summed E-state index contributed by atoms with van der Waals surface area (Å²) in [4.78, 5) is 39.8. The van der Waals surface area contributed by atoms with Crippen LogP contribution < -0.4 is 5.32 Å². The Morgan fingerprint density at radius 1 is 1.19 bits per heavy atom. The molecule has 2 aliphatic rings. The number of hydrogen-bond donors (Lipinski definition) is 2. The summed E-state index contributed by atoms with van der Waals surface area (Å²) < 4.78 is 0. The monoisotopic (exact) mass is 367 g/mol. The van der Waals surface area contributed by atoms with Crippen LogP contribution in [0.1, 0.15) is 18.1 Å². The highest BCUT2D eigenvalue weighted by atomic mass is 16.3. The molecule has 7 heteroatoms. The van der Waals surface area contributed by atoms with Crippen LogP contribution in [0.15, 0.2) is 42.5 Å². The molecule has 0 saturated carbocycles. The van der Waals surface area contributed by atoms with Gasteiger partial charge < -0.3 is 20.2 Å². The fourth-order valence-electron chi connectivity index (χ4n) is 3.89. The van der Waals surface area contributed by atoms with Crippen molar-refractivity contribution in [3.8, 4) is 0 Å². The first-order chi connectivity index (χ1) is 12.9. The van der Waals surface area contributed by atoms with E-state index in [4.69, 9.17) is 0 Å². The van der Waals surface area contributed by atoms with Crippen molar-refractivity contribution >= 4 is 28.5 Å². The zero-order valence-corrected chi connectivity index (χ0v) is 15.0. The molecule has 7 nitrogen and oxygen atoms in total. The van der Waals surface area contributed by atoms with Crippen molar-refractivity contribution in [1.29, 1.82) is 0 Å². The Kier molecular flexibility index (Phi) is 4.31. The van der Waals surface area contributed by atoms with Crippen LogP contribution in [-0.4, -0.2) is 64.8 Å². The van der Waals surface area contributed by atoms with Crippen LogP contribution in [0.25, 0.3) is 10.8 Å². The van der Waals surface area contributed by atoms with Gasteiger partial charge in [-0.1, -0.05) is 36.4 Å². The van der Waals surface area contributed by atoms with Gasteiger partial charge in [0.05, 0.1) is 6.54 Å².